The minimum absolute atomic E-state index is 0.115. The molecule has 140 valence electrons. The number of carbonyl (C=O) groups excluding carboxylic acids is 2. The number of methoxy groups -OCH3 is 1. The molecular formula is C23H20N2O3. The molecule has 5 nitrogen and oxygen atoms in total. The van der Waals surface area contributed by atoms with E-state index in [9.17, 15) is 9.59 Å². The highest BCUT2D eigenvalue weighted by Gasteiger charge is 2.30. The predicted molar refractivity (Wildman–Crippen MR) is 105 cm³/mol. The third-order valence-corrected chi connectivity index (χ3v) is 5.09. The van der Waals surface area contributed by atoms with E-state index in [-0.39, 0.29) is 11.8 Å². The molecule has 0 bridgehead atoms. The Morgan fingerprint density at radius 1 is 1.00 bits per heavy atom. The van der Waals surface area contributed by atoms with Crippen molar-refractivity contribution in [1.29, 1.82) is 0 Å². The maximum Gasteiger partial charge on any atom is 0.339 e. The van der Waals surface area contributed by atoms with Gasteiger partial charge < -0.3 is 9.64 Å². The molecule has 0 saturated heterocycles. The molecule has 1 unspecified atom stereocenters. The molecule has 0 spiro atoms. The number of aromatic nitrogens is 1. The molecule has 5 heteroatoms. The number of benzene rings is 2. The molecule has 2 aromatic carbocycles. The number of fused-ring (bicyclic) bond motifs is 1. The molecule has 2 heterocycles. The van der Waals surface area contributed by atoms with Gasteiger partial charge in [-0.1, -0.05) is 54.6 Å². The SMILES string of the molecule is COC(=O)c1ccc(C(=O)N2Cc3ccccc3C(c3ccccc3)C2)nc1. The van der Waals surface area contributed by atoms with Crippen LogP contribution in [0.25, 0.3) is 0 Å². The lowest BCUT2D eigenvalue weighted by molar-refractivity contribution is 0.0598. The third kappa shape index (κ3) is 3.39. The first-order valence-corrected chi connectivity index (χ1v) is 9.14. The highest BCUT2D eigenvalue weighted by molar-refractivity contribution is 5.94. The van der Waals surface area contributed by atoms with Crippen LogP contribution in [-0.2, 0) is 11.3 Å². The smallest absolute Gasteiger partial charge is 0.339 e. The van der Waals surface area contributed by atoms with Crippen LogP contribution in [0.1, 0.15) is 43.5 Å². The van der Waals surface area contributed by atoms with Gasteiger partial charge in [0, 0.05) is 25.2 Å². The molecule has 0 aliphatic carbocycles. The minimum Gasteiger partial charge on any atom is -0.465 e. The van der Waals surface area contributed by atoms with Gasteiger partial charge in [-0.2, -0.15) is 0 Å². The Bertz CT molecular complexity index is 1000. The Balaban J connectivity index is 1.64. The summed E-state index contributed by atoms with van der Waals surface area (Å²) in [6.07, 6.45) is 1.38. The average Bonchev–Trinajstić information content (AvgIpc) is 2.78. The van der Waals surface area contributed by atoms with E-state index < -0.39 is 5.97 Å². The first kappa shape index (κ1) is 17.9. The molecule has 1 aliphatic rings. The fourth-order valence-electron chi connectivity index (χ4n) is 3.65. The molecule has 0 radical (unpaired) electrons. The van der Waals surface area contributed by atoms with Gasteiger partial charge in [0.15, 0.2) is 0 Å². The van der Waals surface area contributed by atoms with Crippen LogP contribution < -0.4 is 0 Å². The van der Waals surface area contributed by atoms with Crippen molar-refractivity contribution < 1.29 is 14.3 Å². The van der Waals surface area contributed by atoms with Crippen molar-refractivity contribution in [3.63, 3.8) is 0 Å². The van der Waals surface area contributed by atoms with Crippen molar-refractivity contribution in [2.45, 2.75) is 12.5 Å². The number of ether oxygens (including phenoxy) is 1. The van der Waals surface area contributed by atoms with Gasteiger partial charge in [0.05, 0.1) is 12.7 Å². The number of nitrogens with zero attached hydrogens (tertiary/aromatic N) is 2. The first-order chi connectivity index (χ1) is 13.7. The summed E-state index contributed by atoms with van der Waals surface area (Å²) in [6.45, 7) is 1.12. The minimum atomic E-state index is -0.470. The van der Waals surface area contributed by atoms with E-state index in [1.54, 1.807) is 12.1 Å². The van der Waals surface area contributed by atoms with Gasteiger partial charge in [-0.3, -0.25) is 9.78 Å². The fraction of sp³-hybridized carbons (Fsp3) is 0.174. The lowest BCUT2D eigenvalue weighted by atomic mass is 9.84. The molecule has 1 aliphatic heterocycles. The van der Waals surface area contributed by atoms with Crippen molar-refractivity contribution in [3.05, 3.63) is 101 Å². The van der Waals surface area contributed by atoms with E-state index in [1.807, 2.05) is 35.2 Å². The Hall–Kier alpha value is -3.47. The number of carbonyl (C=O) groups is 2. The Labute approximate surface area is 163 Å². The monoisotopic (exact) mass is 372 g/mol. The predicted octanol–water partition coefficient (Wildman–Crippen LogP) is 3.66. The molecule has 0 saturated carbocycles. The average molecular weight is 372 g/mol. The molecule has 4 rings (SSSR count). The van der Waals surface area contributed by atoms with E-state index in [4.69, 9.17) is 0 Å². The molecule has 28 heavy (non-hydrogen) atoms. The first-order valence-electron chi connectivity index (χ1n) is 9.14. The molecule has 0 fully saturated rings. The van der Waals surface area contributed by atoms with Gasteiger partial charge in [-0.25, -0.2) is 4.79 Å². The summed E-state index contributed by atoms with van der Waals surface area (Å²) < 4.78 is 4.68. The van der Waals surface area contributed by atoms with E-state index >= 15 is 0 Å². The maximum absolute atomic E-state index is 13.1. The van der Waals surface area contributed by atoms with Crippen molar-refractivity contribution in [2.75, 3.05) is 13.7 Å². The highest BCUT2D eigenvalue weighted by Crippen LogP contribution is 2.33. The molecule has 0 N–H and O–H groups in total. The normalized spacial score (nSPS) is 15.6. The second-order valence-corrected chi connectivity index (χ2v) is 6.77. The largest absolute Gasteiger partial charge is 0.465 e. The van der Waals surface area contributed by atoms with E-state index in [0.717, 1.165) is 5.56 Å². The van der Waals surface area contributed by atoms with Gasteiger partial charge >= 0.3 is 5.97 Å². The molecule has 1 aromatic heterocycles. The maximum atomic E-state index is 13.1. The summed E-state index contributed by atoms with van der Waals surface area (Å²) in [5, 5.41) is 0. The van der Waals surface area contributed by atoms with Gasteiger partial charge in [0.1, 0.15) is 5.69 Å². The zero-order chi connectivity index (χ0) is 19.5. The highest BCUT2D eigenvalue weighted by atomic mass is 16.5. The number of hydrogen-bond acceptors (Lipinski definition) is 4. The lowest BCUT2D eigenvalue weighted by Gasteiger charge is -2.35. The summed E-state index contributed by atoms with van der Waals surface area (Å²) in [5.41, 5.74) is 4.22. The summed E-state index contributed by atoms with van der Waals surface area (Å²) >= 11 is 0. The van der Waals surface area contributed by atoms with Gasteiger partial charge in [0.25, 0.3) is 5.91 Å². The van der Waals surface area contributed by atoms with Crippen LogP contribution in [0.15, 0.2) is 72.9 Å². The molecule has 1 atom stereocenters. The summed E-state index contributed by atoms with van der Waals surface area (Å²) in [5.74, 6) is -0.501. The fourth-order valence-corrected chi connectivity index (χ4v) is 3.65. The van der Waals surface area contributed by atoms with Crippen molar-refractivity contribution >= 4 is 11.9 Å². The van der Waals surface area contributed by atoms with Gasteiger partial charge in [-0.15, -0.1) is 0 Å². The van der Waals surface area contributed by atoms with E-state index in [2.05, 4.69) is 34.0 Å². The van der Waals surface area contributed by atoms with Crippen molar-refractivity contribution in [1.82, 2.24) is 9.88 Å². The number of esters is 1. The topological polar surface area (TPSA) is 59.5 Å². The number of rotatable bonds is 3. The van der Waals surface area contributed by atoms with E-state index in [1.165, 1.54) is 24.4 Å². The molecular weight excluding hydrogens is 352 g/mol. The Kier molecular flexibility index (Phi) is 4.89. The van der Waals surface area contributed by atoms with Crippen LogP contribution in [0.5, 0.6) is 0 Å². The zero-order valence-electron chi connectivity index (χ0n) is 15.5. The van der Waals surface area contributed by atoms with Crippen LogP contribution in [0, 0.1) is 0 Å². The van der Waals surface area contributed by atoms with Crippen LogP contribution in [0.4, 0.5) is 0 Å². The number of hydrogen-bond donors (Lipinski definition) is 0. The Morgan fingerprint density at radius 2 is 1.75 bits per heavy atom. The second kappa shape index (κ2) is 7.64. The van der Waals surface area contributed by atoms with Crippen molar-refractivity contribution in [2.24, 2.45) is 0 Å². The Morgan fingerprint density at radius 3 is 2.46 bits per heavy atom. The van der Waals surface area contributed by atoms with Crippen LogP contribution in [-0.4, -0.2) is 35.4 Å². The van der Waals surface area contributed by atoms with Gasteiger partial charge in [0.2, 0.25) is 0 Å². The quantitative estimate of drug-likeness (QED) is 0.659. The van der Waals surface area contributed by atoms with Crippen LogP contribution >= 0.6 is 0 Å². The summed E-state index contributed by atoms with van der Waals surface area (Å²) in [4.78, 5) is 30.7. The zero-order valence-corrected chi connectivity index (χ0v) is 15.5. The van der Waals surface area contributed by atoms with Crippen LogP contribution in [0.2, 0.25) is 0 Å². The summed E-state index contributed by atoms with van der Waals surface area (Å²) in [7, 11) is 1.32. The standard InChI is InChI=1S/C23H20N2O3/c1-28-23(27)17-11-12-21(24-13-17)22(26)25-14-18-9-5-6-10-19(18)20(15-25)16-7-3-2-4-8-16/h2-13,20H,14-15H2,1H3. The second-order valence-electron chi connectivity index (χ2n) is 6.77. The lowest BCUT2D eigenvalue weighted by Crippen LogP contribution is -2.39. The molecule has 1 amide bonds. The number of amides is 1. The third-order valence-electron chi connectivity index (χ3n) is 5.09. The van der Waals surface area contributed by atoms with Crippen molar-refractivity contribution in [3.8, 4) is 0 Å². The molecule has 3 aromatic rings. The van der Waals surface area contributed by atoms with E-state index in [0.29, 0.717) is 24.3 Å². The van der Waals surface area contributed by atoms with Gasteiger partial charge in [-0.05, 0) is 28.8 Å². The number of pyridine rings is 1. The van der Waals surface area contributed by atoms with Crippen LogP contribution in [0.3, 0.4) is 0 Å². The summed E-state index contributed by atoms with van der Waals surface area (Å²) in [6, 6.07) is 21.6.